The van der Waals surface area contributed by atoms with Crippen molar-refractivity contribution in [3.05, 3.63) is 23.8 Å². The number of benzene rings is 1. The second kappa shape index (κ2) is 10.1. The van der Waals surface area contributed by atoms with Gasteiger partial charge in [-0.1, -0.05) is 19.9 Å². The van der Waals surface area contributed by atoms with Crippen LogP contribution in [0.1, 0.15) is 25.8 Å². The van der Waals surface area contributed by atoms with Crippen molar-refractivity contribution in [2.75, 3.05) is 33.9 Å². The molecule has 0 aliphatic rings. The van der Waals surface area contributed by atoms with Gasteiger partial charge < -0.3 is 20.1 Å². The Labute approximate surface area is 133 Å². The fourth-order valence-electron chi connectivity index (χ4n) is 2.03. The maximum absolute atomic E-state index is 11.6. The normalized spacial score (nSPS) is 10.6. The third-order valence-corrected chi connectivity index (χ3v) is 3.37. The molecule has 2 N–H and O–H groups in total. The first-order valence-electron chi connectivity index (χ1n) is 7.75. The molecule has 0 spiro atoms. The van der Waals surface area contributed by atoms with E-state index >= 15 is 0 Å². The molecule has 0 radical (unpaired) electrons. The molecule has 1 amide bonds. The quantitative estimate of drug-likeness (QED) is 0.649. The van der Waals surface area contributed by atoms with Gasteiger partial charge in [-0.05, 0) is 43.0 Å². The van der Waals surface area contributed by atoms with Gasteiger partial charge in [-0.15, -0.1) is 0 Å². The Hall–Kier alpha value is -1.75. The van der Waals surface area contributed by atoms with Crippen LogP contribution in [0.4, 0.5) is 0 Å². The summed E-state index contributed by atoms with van der Waals surface area (Å²) in [5.41, 5.74) is 1.14. The Bertz CT molecular complexity index is 461. The zero-order valence-corrected chi connectivity index (χ0v) is 14.1. The van der Waals surface area contributed by atoms with E-state index in [1.165, 1.54) is 0 Å². The van der Waals surface area contributed by atoms with Gasteiger partial charge in [0.2, 0.25) is 5.91 Å². The second-order valence-electron chi connectivity index (χ2n) is 5.65. The second-order valence-corrected chi connectivity index (χ2v) is 5.65. The summed E-state index contributed by atoms with van der Waals surface area (Å²) in [4.78, 5) is 11.6. The van der Waals surface area contributed by atoms with E-state index in [0.717, 1.165) is 43.0 Å². The summed E-state index contributed by atoms with van der Waals surface area (Å²) in [7, 11) is 3.25. The molecule has 0 atom stereocenters. The van der Waals surface area contributed by atoms with Crippen LogP contribution in [0.15, 0.2) is 18.2 Å². The van der Waals surface area contributed by atoms with Crippen LogP contribution in [-0.4, -0.2) is 39.8 Å². The fourth-order valence-corrected chi connectivity index (χ4v) is 2.03. The highest BCUT2D eigenvalue weighted by molar-refractivity contribution is 5.77. The molecule has 0 fully saturated rings. The molecule has 0 aromatic heterocycles. The van der Waals surface area contributed by atoms with Crippen molar-refractivity contribution in [3.8, 4) is 11.5 Å². The lowest BCUT2D eigenvalue weighted by Gasteiger charge is -2.10. The van der Waals surface area contributed by atoms with Gasteiger partial charge in [-0.2, -0.15) is 0 Å². The molecule has 22 heavy (non-hydrogen) atoms. The summed E-state index contributed by atoms with van der Waals surface area (Å²) in [5, 5.41) is 6.06. The van der Waals surface area contributed by atoms with Gasteiger partial charge in [0.1, 0.15) is 0 Å². The van der Waals surface area contributed by atoms with Crippen LogP contribution in [-0.2, 0) is 11.2 Å². The van der Waals surface area contributed by atoms with Crippen LogP contribution >= 0.6 is 0 Å². The lowest BCUT2D eigenvalue weighted by Crippen LogP contribution is -2.35. The number of nitrogens with one attached hydrogen (secondary N) is 2. The first kappa shape index (κ1) is 18.3. The number of ether oxygens (including phenoxy) is 2. The maximum atomic E-state index is 11.6. The number of carbonyl (C=O) groups excluding carboxylic acids is 1. The average molecular weight is 308 g/mol. The van der Waals surface area contributed by atoms with Gasteiger partial charge in [-0.25, -0.2) is 0 Å². The third kappa shape index (κ3) is 6.80. The van der Waals surface area contributed by atoms with Crippen molar-refractivity contribution in [2.45, 2.75) is 26.7 Å². The number of hydrogen-bond donors (Lipinski definition) is 2. The number of methoxy groups -OCH3 is 2. The van der Waals surface area contributed by atoms with Crippen molar-refractivity contribution in [3.63, 3.8) is 0 Å². The topological polar surface area (TPSA) is 59.6 Å². The van der Waals surface area contributed by atoms with Gasteiger partial charge >= 0.3 is 0 Å². The average Bonchev–Trinajstić information content (AvgIpc) is 2.51. The molecular formula is C17H28N2O3. The monoisotopic (exact) mass is 308 g/mol. The van der Waals surface area contributed by atoms with E-state index in [0.29, 0.717) is 12.5 Å². The first-order valence-corrected chi connectivity index (χ1v) is 7.75. The van der Waals surface area contributed by atoms with Gasteiger partial charge in [0.15, 0.2) is 11.5 Å². The van der Waals surface area contributed by atoms with E-state index in [1.54, 1.807) is 14.2 Å². The summed E-state index contributed by atoms with van der Waals surface area (Å²) in [6.45, 7) is 6.13. The van der Waals surface area contributed by atoms with Gasteiger partial charge in [0, 0.05) is 6.54 Å². The zero-order chi connectivity index (χ0) is 16.4. The summed E-state index contributed by atoms with van der Waals surface area (Å²) in [6.07, 6.45) is 1.84. The summed E-state index contributed by atoms with van der Waals surface area (Å²) in [6, 6.07) is 5.86. The molecular weight excluding hydrogens is 280 g/mol. The molecule has 0 unspecified atom stereocenters. The Morgan fingerprint density at radius 1 is 1.14 bits per heavy atom. The van der Waals surface area contributed by atoms with Gasteiger partial charge in [0.05, 0.1) is 20.8 Å². The fraction of sp³-hybridized carbons (Fsp3) is 0.588. The van der Waals surface area contributed by atoms with Crippen LogP contribution in [0, 0.1) is 5.92 Å². The predicted molar refractivity (Wildman–Crippen MR) is 88.6 cm³/mol. The van der Waals surface area contributed by atoms with Gasteiger partial charge in [0.25, 0.3) is 0 Å². The van der Waals surface area contributed by atoms with Crippen LogP contribution in [0.5, 0.6) is 11.5 Å². The molecule has 0 saturated carbocycles. The molecule has 0 heterocycles. The minimum Gasteiger partial charge on any atom is -0.493 e. The molecule has 0 aliphatic carbocycles. The Morgan fingerprint density at radius 2 is 1.86 bits per heavy atom. The minimum atomic E-state index is 0.0490. The maximum Gasteiger partial charge on any atom is 0.233 e. The number of carbonyl (C=O) groups is 1. The standard InChI is InChI=1S/C17H28N2O3/c1-13(2)7-10-19-17(20)12-18-9-8-14-5-6-15(21-3)16(11-14)22-4/h5-6,11,13,18H,7-10,12H2,1-4H3,(H,19,20). The predicted octanol–water partition coefficient (Wildman–Crippen LogP) is 2.00. The largest absolute Gasteiger partial charge is 0.493 e. The highest BCUT2D eigenvalue weighted by Gasteiger charge is 2.05. The lowest BCUT2D eigenvalue weighted by molar-refractivity contribution is -0.120. The molecule has 1 aromatic rings. The number of rotatable bonds is 10. The van der Waals surface area contributed by atoms with Crippen LogP contribution in [0.3, 0.4) is 0 Å². The number of amides is 1. The van der Waals surface area contributed by atoms with Crippen molar-refractivity contribution < 1.29 is 14.3 Å². The van der Waals surface area contributed by atoms with Crippen molar-refractivity contribution in [1.82, 2.24) is 10.6 Å². The van der Waals surface area contributed by atoms with E-state index in [1.807, 2.05) is 18.2 Å². The Morgan fingerprint density at radius 3 is 2.50 bits per heavy atom. The zero-order valence-electron chi connectivity index (χ0n) is 14.1. The highest BCUT2D eigenvalue weighted by Crippen LogP contribution is 2.27. The van der Waals surface area contributed by atoms with Crippen molar-refractivity contribution in [2.24, 2.45) is 5.92 Å². The lowest BCUT2D eigenvalue weighted by atomic mass is 10.1. The molecule has 1 aromatic carbocycles. The molecule has 0 aliphatic heterocycles. The molecule has 0 bridgehead atoms. The summed E-state index contributed by atoms with van der Waals surface area (Å²) < 4.78 is 10.5. The summed E-state index contributed by atoms with van der Waals surface area (Å²) >= 11 is 0. The number of hydrogen-bond acceptors (Lipinski definition) is 4. The van der Waals surface area contributed by atoms with E-state index in [2.05, 4.69) is 24.5 Å². The highest BCUT2D eigenvalue weighted by atomic mass is 16.5. The smallest absolute Gasteiger partial charge is 0.233 e. The van der Waals surface area contributed by atoms with Crippen molar-refractivity contribution >= 4 is 5.91 Å². The minimum absolute atomic E-state index is 0.0490. The van der Waals surface area contributed by atoms with E-state index in [9.17, 15) is 4.79 Å². The third-order valence-electron chi connectivity index (χ3n) is 3.37. The molecule has 1 rings (SSSR count). The molecule has 5 heteroatoms. The molecule has 0 saturated heterocycles. The van der Waals surface area contributed by atoms with E-state index < -0.39 is 0 Å². The van der Waals surface area contributed by atoms with Crippen LogP contribution in [0.25, 0.3) is 0 Å². The Kier molecular flexibility index (Phi) is 8.36. The van der Waals surface area contributed by atoms with E-state index in [4.69, 9.17) is 9.47 Å². The van der Waals surface area contributed by atoms with Crippen LogP contribution < -0.4 is 20.1 Å². The molecule has 5 nitrogen and oxygen atoms in total. The SMILES string of the molecule is COc1ccc(CCNCC(=O)NCCC(C)C)cc1OC. The van der Waals surface area contributed by atoms with E-state index in [-0.39, 0.29) is 5.91 Å². The first-order chi connectivity index (χ1) is 10.6. The molecule has 124 valence electrons. The van der Waals surface area contributed by atoms with Crippen LogP contribution in [0.2, 0.25) is 0 Å². The van der Waals surface area contributed by atoms with Gasteiger partial charge in [-0.3, -0.25) is 4.79 Å². The van der Waals surface area contributed by atoms with Crippen molar-refractivity contribution in [1.29, 1.82) is 0 Å². The summed E-state index contributed by atoms with van der Waals surface area (Å²) in [5.74, 6) is 2.11. The Balaban J connectivity index is 2.25.